The average Bonchev–Trinajstić information content (AvgIpc) is 3.45. The molecule has 3 N–H and O–H groups in total. The van der Waals surface area contributed by atoms with Crippen molar-refractivity contribution in [1.29, 1.82) is 0 Å². The number of fused-ring (bicyclic) bond motifs is 1. The third-order valence-corrected chi connectivity index (χ3v) is 10.1. The number of hydrogen-bond donors (Lipinski definition) is 2. The Morgan fingerprint density at radius 2 is 1.94 bits per heavy atom. The van der Waals surface area contributed by atoms with Gasteiger partial charge in [-0.05, 0) is 86.5 Å². The minimum atomic E-state index is -3.24. The Labute approximate surface area is 206 Å². The molecular weight excluding hydrogens is 468 g/mol. The van der Waals surface area contributed by atoms with Crippen molar-refractivity contribution in [2.75, 3.05) is 26.7 Å². The number of aromatic nitrogens is 1. The molecule has 0 spiro atoms. The van der Waals surface area contributed by atoms with Crippen LogP contribution in [0.1, 0.15) is 60.3 Å². The fraction of sp³-hybridized carbons (Fsp3) is 0.480. The maximum Gasteiger partial charge on any atom is 0.250 e. The zero-order valence-corrected chi connectivity index (χ0v) is 21.9. The van der Waals surface area contributed by atoms with Gasteiger partial charge in [0.25, 0.3) is 5.91 Å². The Balaban J connectivity index is 1.67. The number of nitrogens with zero attached hydrogens (tertiary/aromatic N) is 2. The molecule has 0 atom stereocenters. The molecule has 1 saturated heterocycles. The van der Waals surface area contributed by atoms with Gasteiger partial charge in [0.1, 0.15) is 0 Å². The first kappa shape index (κ1) is 24.9. The second kappa shape index (κ2) is 9.81. The molecule has 0 bridgehead atoms. The molecule has 7 nitrogen and oxygen atoms in total. The minimum Gasteiger partial charge on any atom is -0.366 e. The Bertz CT molecular complexity index is 1280. The van der Waals surface area contributed by atoms with Crippen molar-refractivity contribution in [3.05, 3.63) is 45.8 Å². The molecule has 4 rings (SSSR count). The Morgan fingerprint density at radius 3 is 2.56 bits per heavy atom. The summed E-state index contributed by atoms with van der Waals surface area (Å²) in [5, 5.41) is 2.71. The van der Waals surface area contributed by atoms with E-state index in [2.05, 4.69) is 41.4 Å². The molecule has 0 unspecified atom stereocenters. The Hall–Kier alpha value is -2.20. The predicted molar refractivity (Wildman–Crippen MR) is 140 cm³/mol. The summed E-state index contributed by atoms with van der Waals surface area (Å²) in [4.78, 5) is 19.1. The first-order valence-corrected chi connectivity index (χ1v) is 14.2. The maximum absolute atomic E-state index is 12.6. The lowest BCUT2D eigenvalue weighted by Crippen LogP contribution is -2.41. The van der Waals surface area contributed by atoms with Gasteiger partial charge in [0, 0.05) is 36.1 Å². The van der Waals surface area contributed by atoms with E-state index < -0.39 is 21.2 Å². The normalized spacial score (nSPS) is 16.2. The van der Waals surface area contributed by atoms with Gasteiger partial charge in [0.05, 0.1) is 16.3 Å². The van der Waals surface area contributed by atoms with Crippen LogP contribution in [0.5, 0.6) is 0 Å². The van der Waals surface area contributed by atoms with E-state index in [0.717, 1.165) is 53.5 Å². The molecule has 3 aromatic rings. The monoisotopic (exact) mass is 502 g/mol. The van der Waals surface area contributed by atoms with Crippen LogP contribution in [-0.4, -0.2) is 60.4 Å². The smallest absolute Gasteiger partial charge is 0.250 e. The lowest BCUT2D eigenvalue weighted by atomic mass is 9.88. The average molecular weight is 503 g/mol. The van der Waals surface area contributed by atoms with Crippen molar-refractivity contribution in [1.82, 2.24) is 14.2 Å². The lowest BCUT2D eigenvalue weighted by molar-refractivity contribution is 0.100. The first-order valence-electron chi connectivity index (χ1n) is 11.8. The molecule has 34 heavy (non-hydrogen) atoms. The Morgan fingerprint density at radius 1 is 1.24 bits per heavy atom. The molecule has 1 aliphatic rings. The van der Waals surface area contributed by atoms with Crippen molar-refractivity contribution in [2.24, 2.45) is 5.73 Å². The van der Waals surface area contributed by atoms with Gasteiger partial charge in [0.2, 0.25) is 10.0 Å². The molecule has 2 aromatic heterocycles. The number of carbonyl (C=O) groups is 1. The van der Waals surface area contributed by atoms with E-state index in [1.807, 2.05) is 12.3 Å². The number of piperidine rings is 1. The number of amides is 1. The molecule has 1 aromatic carbocycles. The number of nitrogens with two attached hydrogens (primary N) is 1. The maximum atomic E-state index is 12.6. The van der Waals surface area contributed by atoms with Crippen LogP contribution < -0.4 is 5.73 Å². The zero-order chi connectivity index (χ0) is 24.6. The number of benzene rings is 1. The fourth-order valence-electron chi connectivity index (χ4n) is 4.66. The third-order valence-electron chi connectivity index (χ3n) is 6.89. The summed E-state index contributed by atoms with van der Waals surface area (Å²) >= 11 is 1.72. The van der Waals surface area contributed by atoms with Crippen LogP contribution in [0.25, 0.3) is 22.0 Å². The number of sulfonamides is 1. The van der Waals surface area contributed by atoms with Crippen LogP contribution >= 0.6 is 11.3 Å². The van der Waals surface area contributed by atoms with Gasteiger partial charge >= 0.3 is 0 Å². The van der Waals surface area contributed by atoms with E-state index >= 15 is 0 Å². The van der Waals surface area contributed by atoms with E-state index in [1.54, 1.807) is 29.5 Å². The van der Waals surface area contributed by atoms with Crippen LogP contribution in [0.4, 0.5) is 0 Å². The zero-order valence-electron chi connectivity index (χ0n) is 20.3. The topological polar surface area (TPSA) is 99.5 Å². The largest absolute Gasteiger partial charge is 0.366 e. The SMILES string of the molecule is CCN(C)Cc1cc(-c2cc(C(N)=O)c3[nH]cc(C4CCN(S(=O)(=O)C(C)C)CC4)c3c2)cs1. The van der Waals surface area contributed by atoms with Crippen LogP contribution in [0.3, 0.4) is 0 Å². The summed E-state index contributed by atoms with van der Waals surface area (Å²) < 4.78 is 26.7. The summed E-state index contributed by atoms with van der Waals surface area (Å²) in [5.41, 5.74) is 10.2. The van der Waals surface area contributed by atoms with Gasteiger partial charge in [-0.25, -0.2) is 12.7 Å². The highest BCUT2D eigenvalue weighted by atomic mass is 32.2. The van der Waals surface area contributed by atoms with Gasteiger partial charge in [-0.1, -0.05) is 6.92 Å². The fourth-order valence-corrected chi connectivity index (χ4v) is 6.95. The molecule has 0 radical (unpaired) electrons. The van der Waals surface area contributed by atoms with E-state index in [9.17, 15) is 13.2 Å². The summed E-state index contributed by atoms with van der Waals surface area (Å²) in [6.07, 6.45) is 3.47. The molecule has 1 fully saturated rings. The van der Waals surface area contributed by atoms with Crippen LogP contribution in [0.15, 0.2) is 29.8 Å². The first-order chi connectivity index (χ1) is 16.1. The Kier molecular flexibility index (Phi) is 7.19. The number of primary amides is 1. The quantitative estimate of drug-likeness (QED) is 0.478. The summed E-state index contributed by atoms with van der Waals surface area (Å²) in [6, 6.07) is 6.20. The number of aromatic amines is 1. The second-order valence-electron chi connectivity index (χ2n) is 9.45. The molecular formula is C25H34N4O3S2. The van der Waals surface area contributed by atoms with Crippen LogP contribution in [0, 0.1) is 0 Å². The number of carbonyl (C=O) groups excluding carboxylic acids is 1. The molecule has 9 heteroatoms. The van der Waals surface area contributed by atoms with Crippen molar-refractivity contribution in [3.8, 4) is 11.1 Å². The van der Waals surface area contributed by atoms with Gasteiger partial charge < -0.3 is 15.6 Å². The van der Waals surface area contributed by atoms with E-state index in [1.165, 1.54) is 4.88 Å². The van der Waals surface area contributed by atoms with E-state index in [-0.39, 0.29) is 5.92 Å². The third kappa shape index (κ3) is 4.79. The molecule has 184 valence electrons. The number of hydrogen-bond acceptors (Lipinski definition) is 5. The van der Waals surface area contributed by atoms with Crippen molar-refractivity contribution >= 4 is 38.2 Å². The van der Waals surface area contributed by atoms with E-state index in [0.29, 0.717) is 18.7 Å². The van der Waals surface area contributed by atoms with Gasteiger partial charge in [0.15, 0.2) is 0 Å². The van der Waals surface area contributed by atoms with Crippen molar-refractivity contribution < 1.29 is 13.2 Å². The van der Waals surface area contributed by atoms with Crippen LogP contribution in [-0.2, 0) is 16.6 Å². The molecule has 0 aliphatic carbocycles. The summed E-state index contributed by atoms with van der Waals surface area (Å²) in [7, 11) is -1.14. The summed E-state index contributed by atoms with van der Waals surface area (Å²) in [5.74, 6) is -0.237. The van der Waals surface area contributed by atoms with Gasteiger partial charge in [-0.3, -0.25) is 4.79 Å². The predicted octanol–water partition coefficient (Wildman–Crippen LogP) is 4.36. The summed E-state index contributed by atoms with van der Waals surface area (Å²) in [6.45, 7) is 8.48. The van der Waals surface area contributed by atoms with Gasteiger partial charge in [-0.15, -0.1) is 11.3 Å². The highest BCUT2D eigenvalue weighted by Crippen LogP contribution is 2.38. The number of nitrogens with one attached hydrogen (secondary N) is 1. The van der Waals surface area contributed by atoms with Crippen LogP contribution in [0.2, 0.25) is 0 Å². The molecule has 3 heterocycles. The number of thiophene rings is 1. The number of H-pyrrole nitrogens is 1. The molecule has 0 saturated carbocycles. The highest BCUT2D eigenvalue weighted by molar-refractivity contribution is 7.89. The van der Waals surface area contributed by atoms with Crippen molar-refractivity contribution in [3.63, 3.8) is 0 Å². The highest BCUT2D eigenvalue weighted by Gasteiger charge is 2.31. The number of rotatable bonds is 8. The lowest BCUT2D eigenvalue weighted by Gasteiger charge is -2.32. The molecule has 1 amide bonds. The van der Waals surface area contributed by atoms with E-state index in [4.69, 9.17) is 5.73 Å². The molecule has 1 aliphatic heterocycles. The second-order valence-corrected chi connectivity index (χ2v) is 12.9. The van der Waals surface area contributed by atoms with Crippen molar-refractivity contribution in [2.45, 2.75) is 51.3 Å². The van der Waals surface area contributed by atoms with Gasteiger partial charge in [-0.2, -0.15) is 0 Å². The standard InChI is InChI=1S/C25H34N4O3S2/c1-5-28(4)14-20-10-19(15-33-20)18-11-21-23(13-27-24(21)22(12-18)25(26)30)17-6-8-29(9-7-17)34(31,32)16(2)3/h10-13,15-17,27H,5-9,14H2,1-4H3,(H2,26,30). The minimum absolute atomic E-state index is 0.222.